The van der Waals surface area contributed by atoms with Crippen molar-refractivity contribution < 1.29 is 9.21 Å². The molecule has 0 saturated carbocycles. The molecule has 4 heteroatoms. The smallest absolute Gasteiger partial charge is 0.240 e. The third kappa shape index (κ3) is 6.23. The van der Waals surface area contributed by atoms with Crippen molar-refractivity contribution in [1.29, 1.82) is 0 Å². The molecule has 18 heavy (non-hydrogen) atoms. The van der Waals surface area contributed by atoms with Crippen molar-refractivity contribution in [2.45, 2.75) is 52.4 Å². The number of hydrogen-bond donors (Lipinski definition) is 1. The van der Waals surface area contributed by atoms with Gasteiger partial charge in [0.15, 0.2) is 0 Å². The number of hydrogen-bond acceptors (Lipinski definition) is 3. The Hall–Kier alpha value is -1.58. The second-order valence-corrected chi connectivity index (χ2v) is 4.41. The molecule has 1 aromatic heterocycles. The van der Waals surface area contributed by atoms with Crippen molar-refractivity contribution in [2.24, 2.45) is 5.10 Å². The molecule has 0 spiro atoms. The summed E-state index contributed by atoms with van der Waals surface area (Å²) in [6.07, 6.45) is 7.78. The van der Waals surface area contributed by atoms with Crippen LogP contribution in [0.2, 0.25) is 0 Å². The number of carbonyl (C=O) groups is 1. The van der Waals surface area contributed by atoms with Crippen LogP contribution in [-0.2, 0) is 4.79 Å². The molecule has 1 amide bonds. The molecular formula is C14H22N2O2. The van der Waals surface area contributed by atoms with E-state index in [0.717, 1.165) is 18.6 Å². The number of hydrazone groups is 1. The molecule has 100 valence electrons. The van der Waals surface area contributed by atoms with Crippen LogP contribution < -0.4 is 5.43 Å². The molecule has 1 N–H and O–H groups in total. The van der Waals surface area contributed by atoms with Gasteiger partial charge in [0.25, 0.3) is 0 Å². The van der Waals surface area contributed by atoms with Crippen molar-refractivity contribution in [3.05, 3.63) is 23.7 Å². The van der Waals surface area contributed by atoms with E-state index in [1.165, 1.54) is 25.5 Å². The van der Waals surface area contributed by atoms with Gasteiger partial charge in [-0.05, 0) is 25.5 Å². The van der Waals surface area contributed by atoms with Crippen molar-refractivity contribution in [3.8, 4) is 0 Å². The summed E-state index contributed by atoms with van der Waals surface area (Å²) in [7, 11) is 0. The Kier molecular flexibility index (Phi) is 6.84. The van der Waals surface area contributed by atoms with E-state index in [2.05, 4.69) is 17.5 Å². The van der Waals surface area contributed by atoms with E-state index in [1.54, 1.807) is 0 Å². The number of carbonyl (C=O) groups excluding carboxylic acids is 1. The zero-order chi connectivity index (χ0) is 13.2. The van der Waals surface area contributed by atoms with Crippen molar-refractivity contribution >= 4 is 12.1 Å². The molecular weight excluding hydrogens is 228 g/mol. The Morgan fingerprint density at radius 2 is 2.11 bits per heavy atom. The lowest BCUT2D eigenvalue weighted by molar-refractivity contribution is -0.121. The highest BCUT2D eigenvalue weighted by molar-refractivity contribution is 5.80. The van der Waals surface area contributed by atoms with E-state index < -0.39 is 0 Å². The summed E-state index contributed by atoms with van der Waals surface area (Å²) in [4.78, 5) is 11.4. The molecule has 0 aromatic carbocycles. The Bertz CT molecular complexity index is 383. The first kappa shape index (κ1) is 14.5. The van der Waals surface area contributed by atoms with Crippen LogP contribution in [0.25, 0.3) is 0 Å². The molecule has 4 nitrogen and oxygen atoms in total. The molecule has 0 aliphatic heterocycles. The minimum atomic E-state index is -0.0361. The first-order valence-electron chi connectivity index (χ1n) is 6.60. The van der Waals surface area contributed by atoms with Crippen LogP contribution >= 0.6 is 0 Å². The lowest BCUT2D eigenvalue weighted by Crippen LogP contribution is -2.16. The van der Waals surface area contributed by atoms with Crippen molar-refractivity contribution in [3.63, 3.8) is 0 Å². The molecule has 0 fully saturated rings. The third-order valence-electron chi connectivity index (χ3n) is 2.65. The van der Waals surface area contributed by atoms with Gasteiger partial charge in [-0.1, -0.05) is 32.6 Å². The first-order chi connectivity index (χ1) is 8.72. The van der Waals surface area contributed by atoms with Gasteiger partial charge in [-0.3, -0.25) is 4.79 Å². The zero-order valence-electron chi connectivity index (χ0n) is 11.2. The van der Waals surface area contributed by atoms with Crippen LogP contribution in [0.1, 0.15) is 57.0 Å². The molecule has 0 aliphatic carbocycles. The number of furan rings is 1. The minimum absolute atomic E-state index is 0.0361. The third-order valence-corrected chi connectivity index (χ3v) is 2.65. The monoisotopic (exact) mass is 250 g/mol. The maximum absolute atomic E-state index is 11.4. The van der Waals surface area contributed by atoms with Crippen molar-refractivity contribution in [1.82, 2.24) is 5.43 Å². The molecule has 1 heterocycles. The average Bonchev–Trinajstić information content (AvgIpc) is 2.75. The van der Waals surface area contributed by atoms with Gasteiger partial charge < -0.3 is 4.42 Å². The largest absolute Gasteiger partial charge is 0.460 e. The molecule has 0 radical (unpaired) electrons. The lowest BCUT2D eigenvalue weighted by atomic mass is 10.1. The van der Waals surface area contributed by atoms with Crippen LogP contribution in [0.5, 0.6) is 0 Å². The summed E-state index contributed by atoms with van der Waals surface area (Å²) in [6.45, 7) is 4.05. The molecule has 1 aromatic rings. The lowest BCUT2D eigenvalue weighted by Gasteiger charge is -1.99. The standard InChI is InChI=1S/C14H22N2O2/c1-3-4-5-6-7-8-14(17)16-15-11-13-10-9-12(2)18-13/h9-11H,3-8H2,1-2H3,(H,16,17)/b15-11+. The fourth-order valence-corrected chi connectivity index (χ4v) is 1.64. The molecule has 1 rings (SSSR count). The second kappa shape index (κ2) is 8.50. The zero-order valence-corrected chi connectivity index (χ0v) is 11.2. The van der Waals surface area contributed by atoms with Crippen molar-refractivity contribution in [2.75, 3.05) is 0 Å². The van der Waals surface area contributed by atoms with Gasteiger partial charge >= 0.3 is 0 Å². The van der Waals surface area contributed by atoms with Gasteiger partial charge in [-0.15, -0.1) is 0 Å². The predicted octanol–water partition coefficient (Wildman–Crippen LogP) is 3.40. The first-order valence-corrected chi connectivity index (χ1v) is 6.60. The van der Waals surface area contributed by atoms with E-state index in [4.69, 9.17) is 4.42 Å². The van der Waals surface area contributed by atoms with Gasteiger partial charge in [-0.25, -0.2) is 5.43 Å². The summed E-state index contributed by atoms with van der Waals surface area (Å²) in [5, 5.41) is 3.85. The van der Waals surface area contributed by atoms with E-state index in [0.29, 0.717) is 12.2 Å². The molecule has 0 saturated heterocycles. The average molecular weight is 250 g/mol. The quantitative estimate of drug-likeness (QED) is 0.437. The highest BCUT2D eigenvalue weighted by Crippen LogP contribution is 2.05. The highest BCUT2D eigenvalue weighted by atomic mass is 16.3. The Morgan fingerprint density at radius 3 is 2.78 bits per heavy atom. The van der Waals surface area contributed by atoms with E-state index >= 15 is 0 Å². The number of aryl methyl sites for hydroxylation is 1. The number of nitrogens with zero attached hydrogens (tertiary/aromatic N) is 1. The SMILES string of the molecule is CCCCCCCC(=O)N/N=C/c1ccc(C)o1. The molecule has 0 atom stereocenters. The maximum Gasteiger partial charge on any atom is 0.240 e. The summed E-state index contributed by atoms with van der Waals surface area (Å²) in [5.41, 5.74) is 2.50. The van der Waals surface area contributed by atoms with Gasteiger partial charge in [-0.2, -0.15) is 5.10 Å². The minimum Gasteiger partial charge on any atom is -0.460 e. The van der Waals surface area contributed by atoms with Crippen LogP contribution in [-0.4, -0.2) is 12.1 Å². The number of rotatable bonds is 8. The topological polar surface area (TPSA) is 54.6 Å². The Labute approximate surface area is 108 Å². The highest BCUT2D eigenvalue weighted by Gasteiger charge is 1.99. The number of amides is 1. The summed E-state index contributed by atoms with van der Waals surface area (Å²) in [6, 6.07) is 3.67. The molecule has 0 bridgehead atoms. The Balaban J connectivity index is 2.11. The predicted molar refractivity (Wildman–Crippen MR) is 72.6 cm³/mol. The number of unbranched alkanes of at least 4 members (excludes halogenated alkanes) is 4. The van der Waals surface area contributed by atoms with Gasteiger partial charge in [0.2, 0.25) is 5.91 Å². The summed E-state index contributed by atoms with van der Waals surface area (Å²) >= 11 is 0. The van der Waals surface area contributed by atoms with E-state index in [9.17, 15) is 4.79 Å². The van der Waals surface area contributed by atoms with Crippen LogP contribution in [0.4, 0.5) is 0 Å². The Morgan fingerprint density at radius 1 is 1.33 bits per heavy atom. The van der Waals surface area contributed by atoms with E-state index in [-0.39, 0.29) is 5.91 Å². The van der Waals surface area contributed by atoms with Gasteiger partial charge in [0.1, 0.15) is 11.5 Å². The van der Waals surface area contributed by atoms with Crippen LogP contribution in [0.3, 0.4) is 0 Å². The van der Waals surface area contributed by atoms with E-state index in [1.807, 2.05) is 19.1 Å². The molecule has 0 aliphatic rings. The van der Waals surface area contributed by atoms with Crippen LogP contribution in [0.15, 0.2) is 21.7 Å². The summed E-state index contributed by atoms with van der Waals surface area (Å²) < 4.78 is 5.29. The van der Waals surface area contributed by atoms with Gasteiger partial charge in [0, 0.05) is 6.42 Å². The summed E-state index contributed by atoms with van der Waals surface area (Å²) in [5.74, 6) is 1.44. The number of nitrogens with one attached hydrogen (secondary N) is 1. The van der Waals surface area contributed by atoms with Crippen LogP contribution in [0, 0.1) is 6.92 Å². The normalized spacial score (nSPS) is 11.0. The van der Waals surface area contributed by atoms with Gasteiger partial charge in [0.05, 0.1) is 6.21 Å². The fraction of sp³-hybridized carbons (Fsp3) is 0.571. The fourth-order valence-electron chi connectivity index (χ4n) is 1.64. The maximum atomic E-state index is 11.4. The second-order valence-electron chi connectivity index (χ2n) is 4.41. The molecule has 0 unspecified atom stereocenters.